The van der Waals surface area contributed by atoms with Crippen LogP contribution in [0.5, 0.6) is 0 Å². The molecule has 0 saturated carbocycles. The summed E-state index contributed by atoms with van der Waals surface area (Å²) in [7, 11) is 0. The highest BCUT2D eigenvalue weighted by molar-refractivity contribution is 5.99. The van der Waals surface area contributed by atoms with Gasteiger partial charge in [0, 0.05) is 54.6 Å². The summed E-state index contributed by atoms with van der Waals surface area (Å²) in [4.78, 5) is 38.6. The number of pyridine rings is 2. The number of aryl methyl sites for hydroxylation is 2. The number of nitrogens with one attached hydrogen (secondary N) is 1. The van der Waals surface area contributed by atoms with E-state index < -0.39 is 0 Å². The number of urea groups is 1. The molecule has 0 spiro atoms. The van der Waals surface area contributed by atoms with E-state index in [1.165, 1.54) is 37.0 Å². The van der Waals surface area contributed by atoms with Gasteiger partial charge in [0.1, 0.15) is 0 Å². The maximum Gasteiger partial charge on any atom is 0.329 e. The van der Waals surface area contributed by atoms with Gasteiger partial charge in [-0.2, -0.15) is 0 Å². The Labute approximate surface area is 327 Å². The number of amides is 2. The number of carbonyl (C=O) groups excluding carboxylic acids is 1. The number of rotatable bonds is 10. The van der Waals surface area contributed by atoms with E-state index in [9.17, 15) is 4.79 Å². The maximum atomic E-state index is 13.8. The number of ether oxygens (including phenoxy) is 1. The third-order valence-corrected chi connectivity index (χ3v) is 10.8. The molecule has 2 amide bonds. The zero-order chi connectivity index (χ0) is 38.6. The van der Waals surface area contributed by atoms with Crippen LogP contribution in [0.2, 0.25) is 0 Å². The third kappa shape index (κ3) is 10.2. The van der Waals surface area contributed by atoms with E-state index >= 15 is 0 Å². The lowest BCUT2D eigenvalue weighted by Crippen LogP contribution is -2.45. The first-order valence-electron chi connectivity index (χ1n) is 20.1. The average molecular weight is 743 g/mol. The fourth-order valence-electron chi connectivity index (χ4n) is 7.79. The lowest BCUT2D eigenvalue weighted by atomic mass is 9.92. The molecule has 290 valence electrons. The van der Waals surface area contributed by atoms with E-state index in [2.05, 4.69) is 60.0 Å². The van der Waals surface area contributed by atoms with E-state index in [1.54, 1.807) is 11.2 Å². The minimum absolute atomic E-state index is 0.00394. The Morgan fingerprint density at radius 1 is 0.891 bits per heavy atom. The first kappa shape index (κ1) is 39.6. The molecule has 10 nitrogen and oxygen atoms in total. The van der Waals surface area contributed by atoms with Gasteiger partial charge in [-0.1, -0.05) is 49.4 Å². The molecule has 0 bridgehead atoms. The number of hydrogen-bond donors (Lipinski definition) is 1. The Hall–Kier alpha value is -5.09. The van der Waals surface area contributed by atoms with Crippen LogP contribution in [-0.2, 0) is 11.2 Å². The topological polar surface area (TPSA) is 98.5 Å². The average Bonchev–Trinajstić information content (AvgIpc) is 3.77. The van der Waals surface area contributed by atoms with Crippen LogP contribution in [-0.4, -0.2) is 83.9 Å². The van der Waals surface area contributed by atoms with Gasteiger partial charge >= 0.3 is 6.03 Å². The number of likely N-dealkylation sites (tertiary alicyclic amines) is 2. The van der Waals surface area contributed by atoms with Crippen molar-refractivity contribution in [1.82, 2.24) is 25.1 Å². The molecule has 3 atom stereocenters. The van der Waals surface area contributed by atoms with Gasteiger partial charge in [0.05, 0.1) is 48.3 Å². The summed E-state index contributed by atoms with van der Waals surface area (Å²) in [6, 6.07) is 29.2. The standard InChI is InChI=1S/C28H32N4O2.C17H26N4/c1-3-25-27(29-21-34-4-2)18-17-26(30-25)22-12-11-19-31(20-22)28(33)32(23-13-7-5-8-14-23)24-15-9-6-10-16-24;1-12(2)21-8-4-5-14(10-21)16-7-6-15(13(3)20-16)17-9-18-11-19-17/h5-10,13-18,21-22H,3-4,11-12,19-20H2,1-2H3;6-7,11-12,14,17H,4-5,8-10H2,1-3H3,(H,18,19). The Morgan fingerprint density at radius 2 is 1.55 bits per heavy atom. The van der Waals surface area contributed by atoms with Crippen molar-refractivity contribution in [3.8, 4) is 0 Å². The number of anilines is 2. The fourth-order valence-corrected chi connectivity index (χ4v) is 7.79. The molecular formula is C45H58N8O2. The first-order chi connectivity index (χ1) is 26.9. The highest BCUT2D eigenvalue weighted by Crippen LogP contribution is 2.33. The summed E-state index contributed by atoms with van der Waals surface area (Å²) in [5.41, 5.74) is 8.24. The van der Waals surface area contributed by atoms with E-state index in [0.29, 0.717) is 31.2 Å². The van der Waals surface area contributed by atoms with Crippen LogP contribution in [0.4, 0.5) is 21.9 Å². The SMILES string of the molecule is CCOC=Nc1ccc(C2CCCN(C(=O)N(c3ccccc3)c3ccccc3)C2)nc1CC.Cc1nc(C2CCCN(C(C)C)C2)ccc1C1CN=CN1. The summed E-state index contributed by atoms with van der Waals surface area (Å²) in [5, 5.41) is 3.29. The molecule has 0 radical (unpaired) electrons. The molecule has 2 saturated heterocycles. The van der Waals surface area contributed by atoms with Gasteiger partial charge in [-0.25, -0.2) is 9.79 Å². The molecule has 2 aromatic heterocycles. The largest absolute Gasteiger partial charge is 0.483 e. The Morgan fingerprint density at radius 3 is 2.16 bits per heavy atom. The monoisotopic (exact) mass is 742 g/mol. The second-order valence-electron chi connectivity index (χ2n) is 14.9. The van der Waals surface area contributed by atoms with Gasteiger partial charge in [0.25, 0.3) is 0 Å². The highest BCUT2D eigenvalue weighted by Gasteiger charge is 2.30. The summed E-state index contributed by atoms with van der Waals surface area (Å²) in [6.45, 7) is 15.9. The van der Waals surface area contributed by atoms with Crippen molar-refractivity contribution in [2.75, 3.05) is 44.2 Å². The molecule has 2 fully saturated rings. The van der Waals surface area contributed by atoms with Crippen molar-refractivity contribution in [1.29, 1.82) is 0 Å². The predicted octanol–water partition coefficient (Wildman–Crippen LogP) is 9.13. The van der Waals surface area contributed by atoms with Gasteiger partial charge < -0.3 is 19.9 Å². The lowest BCUT2D eigenvalue weighted by Gasteiger charge is -2.36. The second kappa shape index (κ2) is 19.5. The van der Waals surface area contributed by atoms with Gasteiger partial charge in [0.15, 0.2) is 6.40 Å². The molecule has 3 aliphatic heterocycles. The number of piperidine rings is 2. The summed E-state index contributed by atoms with van der Waals surface area (Å²) in [5.74, 6) is 0.781. The van der Waals surface area contributed by atoms with Crippen molar-refractivity contribution in [3.63, 3.8) is 0 Å². The minimum atomic E-state index is -0.00394. The molecule has 3 aliphatic rings. The molecule has 3 unspecified atom stereocenters. The molecule has 7 rings (SSSR count). The number of hydrogen-bond acceptors (Lipinski definition) is 8. The molecule has 5 heterocycles. The van der Waals surface area contributed by atoms with E-state index in [4.69, 9.17) is 14.7 Å². The predicted molar refractivity (Wildman–Crippen MR) is 224 cm³/mol. The van der Waals surface area contributed by atoms with Gasteiger partial charge in [0.2, 0.25) is 0 Å². The summed E-state index contributed by atoms with van der Waals surface area (Å²) >= 11 is 0. The van der Waals surface area contributed by atoms with Gasteiger partial charge in [-0.05, 0) is 114 Å². The molecule has 0 aliphatic carbocycles. The van der Waals surface area contributed by atoms with Gasteiger partial charge in [-0.3, -0.25) is 19.9 Å². The zero-order valence-electron chi connectivity index (χ0n) is 33.3. The maximum absolute atomic E-state index is 13.8. The van der Waals surface area contributed by atoms with Crippen LogP contribution in [0.15, 0.2) is 94.9 Å². The molecule has 55 heavy (non-hydrogen) atoms. The number of nitrogens with zero attached hydrogens (tertiary/aromatic N) is 7. The van der Waals surface area contributed by atoms with E-state index in [-0.39, 0.29) is 11.9 Å². The Bertz CT molecular complexity index is 1840. The quantitative estimate of drug-likeness (QED) is 0.129. The van der Waals surface area contributed by atoms with Gasteiger partial charge in [-0.15, -0.1) is 0 Å². The van der Waals surface area contributed by atoms with E-state index in [0.717, 1.165) is 73.0 Å². The molecule has 10 heteroatoms. The minimum Gasteiger partial charge on any atom is -0.483 e. The second-order valence-corrected chi connectivity index (χ2v) is 14.9. The Kier molecular flexibility index (Phi) is 14.0. The number of carbonyl (C=O) groups is 1. The van der Waals surface area contributed by atoms with Crippen molar-refractivity contribution in [2.45, 2.75) is 90.6 Å². The zero-order valence-corrected chi connectivity index (χ0v) is 33.3. The highest BCUT2D eigenvalue weighted by atomic mass is 16.5. The number of aromatic nitrogens is 2. The molecule has 1 N–H and O–H groups in total. The van der Waals surface area contributed by atoms with Crippen LogP contribution in [0, 0.1) is 6.92 Å². The summed E-state index contributed by atoms with van der Waals surface area (Å²) < 4.78 is 5.25. The van der Waals surface area contributed by atoms with Crippen LogP contribution < -0.4 is 10.2 Å². The fraction of sp³-hybridized carbons (Fsp3) is 0.444. The number of aliphatic imine (C=N–C) groups is 2. The van der Waals surface area contributed by atoms with Crippen LogP contribution in [0.3, 0.4) is 0 Å². The van der Waals surface area contributed by atoms with Crippen molar-refractivity contribution in [3.05, 3.63) is 113 Å². The molecular weight excluding hydrogens is 685 g/mol. The van der Waals surface area contributed by atoms with Crippen LogP contribution in [0.1, 0.15) is 99.6 Å². The molecule has 4 aromatic rings. The first-order valence-corrected chi connectivity index (χ1v) is 20.1. The molecule has 2 aromatic carbocycles. The van der Waals surface area contributed by atoms with Crippen LogP contribution in [0.25, 0.3) is 0 Å². The third-order valence-electron chi connectivity index (χ3n) is 10.8. The van der Waals surface area contributed by atoms with Crippen molar-refractivity contribution >= 4 is 35.8 Å². The Balaban J connectivity index is 0.000000209. The van der Waals surface area contributed by atoms with Crippen molar-refractivity contribution < 1.29 is 9.53 Å². The number of para-hydroxylation sites is 2. The van der Waals surface area contributed by atoms with Crippen molar-refractivity contribution in [2.24, 2.45) is 9.98 Å². The number of benzene rings is 2. The smallest absolute Gasteiger partial charge is 0.329 e. The van der Waals surface area contributed by atoms with E-state index in [1.807, 2.05) is 84.6 Å². The van der Waals surface area contributed by atoms with Crippen LogP contribution >= 0.6 is 0 Å². The summed E-state index contributed by atoms with van der Waals surface area (Å²) in [6.07, 6.45) is 8.58. The normalized spacial score (nSPS) is 19.9. The lowest BCUT2D eigenvalue weighted by molar-refractivity contribution is 0.166.